The third-order valence-electron chi connectivity index (χ3n) is 2.09. The number of nitriles is 1. The molecule has 0 fully saturated rings. The van der Waals surface area contributed by atoms with Gasteiger partial charge >= 0.3 is 14.0 Å². The average molecular weight is 260 g/mol. The maximum atomic E-state index is 10.6. The minimum Gasteiger partial charge on any atom is -0.447 e. The predicted octanol–water partition coefficient (Wildman–Crippen LogP) is 2.78. The molecule has 0 rings (SSSR count). The maximum Gasteiger partial charge on any atom is 0.504 e. The lowest BCUT2D eigenvalue weighted by Crippen LogP contribution is -2.13. The standard InChI is InChI=1S/C11H19NO4P/c1-10(13)16-11(9-12)7-5-3-4-6-8-15-17(2)14/h11H,3-8H2,1-2H3/q+1. The molecule has 0 aliphatic rings. The van der Waals surface area contributed by atoms with Gasteiger partial charge in [-0.1, -0.05) is 12.8 Å². The quantitative estimate of drug-likeness (QED) is 0.362. The smallest absolute Gasteiger partial charge is 0.447 e. The molecule has 2 unspecified atom stereocenters. The normalized spacial score (nSPS) is 12.6. The number of carbonyl (C=O) groups is 1. The molecule has 2 atom stereocenters. The number of nitrogens with zero attached hydrogens (tertiary/aromatic N) is 1. The Morgan fingerprint density at radius 1 is 1.35 bits per heavy atom. The minimum absolute atomic E-state index is 0.420. The van der Waals surface area contributed by atoms with Crippen LogP contribution in [0.5, 0.6) is 0 Å². The van der Waals surface area contributed by atoms with Crippen LogP contribution >= 0.6 is 8.03 Å². The molecular weight excluding hydrogens is 241 g/mol. The van der Waals surface area contributed by atoms with E-state index in [1.54, 1.807) is 0 Å². The molecule has 0 saturated carbocycles. The lowest BCUT2D eigenvalue weighted by molar-refractivity contribution is -0.144. The molecule has 0 aromatic carbocycles. The summed E-state index contributed by atoms with van der Waals surface area (Å²) in [5.74, 6) is -0.420. The highest BCUT2D eigenvalue weighted by Gasteiger charge is 2.10. The molecule has 0 N–H and O–H groups in total. The Balaban J connectivity index is 3.40. The van der Waals surface area contributed by atoms with Crippen LogP contribution in [-0.2, 0) is 18.6 Å². The molecule has 6 heteroatoms. The van der Waals surface area contributed by atoms with Crippen molar-refractivity contribution in [2.75, 3.05) is 13.3 Å². The van der Waals surface area contributed by atoms with Crippen LogP contribution in [0.3, 0.4) is 0 Å². The number of esters is 1. The van der Waals surface area contributed by atoms with Crippen molar-refractivity contribution in [1.82, 2.24) is 0 Å². The van der Waals surface area contributed by atoms with Gasteiger partial charge < -0.3 is 4.74 Å². The van der Waals surface area contributed by atoms with E-state index < -0.39 is 20.1 Å². The van der Waals surface area contributed by atoms with Crippen LogP contribution in [0.2, 0.25) is 0 Å². The van der Waals surface area contributed by atoms with Gasteiger partial charge in [0.1, 0.15) is 12.7 Å². The van der Waals surface area contributed by atoms with E-state index >= 15 is 0 Å². The highest BCUT2D eigenvalue weighted by atomic mass is 31.1. The second-order valence-corrected chi connectivity index (χ2v) is 4.84. The van der Waals surface area contributed by atoms with Crippen LogP contribution < -0.4 is 0 Å². The zero-order valence-electron chi connectivity index (χ0n) is 10.3. The number of carbonyl (C=O) groups excluding carboxylic acids is 1. The summed E-state index contributed by atoms with van der Waals surface area (Å²) in [7, 11) is -1.50. The molecule has 0 saturated heterocycles. The van der Waals surface area contributed by atoms with Crippen LogP contribution in [0.25, 0.3) is 0 Å². The van der Waals surface area contributed by atoms with Crippen molar-refractivity contribution in [3.63, 3.8) is 0 Å². The van der Waals surface area contributed by atoms with Gasteiger partial charge in [0.05, 0.1) is 0 Å². The molecule has 0 radical (unpaired) electrons. The second-order valence-electron chi connectivity index (χ2n) is 3.70. The van der Waals surface area contributed by atoms with Gasteiger partial charge in [-0.25, -0.2) is 0 Å². The monoisotopic (exact) mass is 260 g/mol. The SMILES string of the molecule is CC(=O)OC(C#N)CCCCCCO[P+](C)=O. The Bertz CT molecular complexity index is 288. The van der Waals surface area contributed by atoms with E-state index in [9.17, 15) is 9.36 Å². The van der Waals surface area contributed by atoms with E-state index in [-0.39, 0.29) is 0 Å². The number of rotatable bonds is 9. The van der Waals surface area contributed by atoms with Gasteiger partial charge in [-0.15, -0.1) is 4.52 Å². The van der Waals surface area contributed by atoms with Gasteiger partial charge in [-0.05, 0) is 23.8 Å². The van der Waals surface area contributed by atoms with Gasteiger partial charge in [-0.2, -0.15) is 5.26 Å². The molecule has 0 bridgehead atoms. The number of unbranched alkanes of at least 4 members (excludes halogenated alkanes) is 3. The minimum atomic E-state index is -1.50. The summed E-state index contributed by atoms with van der Waals surface area (Å²) in [6.45, 7) is 3.34. The maximum absolute atomic E-state index is 10.6. The van der Waals surface area contributed by atoms with Crippen molar-refractivity contribution in [3.8, 4) is 6.07 Å². The van der Waals surface area contributed by atoms with E-state index in [1.807, 2.05) is 6.07 Å². The van der Waals surface area contributed by atoms with Gasteiger partial charge in [0.2, 0.25) is 0 Å². The van der Waals surface area contributed by atoms with Gasteiger partial charge in [0.15, 0.2) is 12.8 Å². The summed E-state index contributed by atoms with van der Waals surface area (Å²) in [5.41, 5.74) is 0. The summed E-state index contributed by atoms with van der Waals surface area (Å²) in [4.78, 5) is 10.6. The van der Waals surface area contributed by atoms with Crippen molar-refractivity contribution in [1.29, 1.82) is 5.26 Å². The highest BCUT2D eigenvalue weighted by Crippen LogP contribution is 2.16. The van der Waals surface area contributed by atoms with E-state index in [2.05, 4.69) is 0 Å². The van der Waals surface area contributed by atoms with Crippen LogP contribution in [0, 0.1) is 11.3 Å². The van der Waals surface area contributed by atoms with Gasteiger partial charge in [0, 0.05) is 6.92 Å². The van der Waals surface area contributed by atoms with Crippen LogP contribution in [0.1, 0.15) is 39.0 Å². The summed E-state index contributed by atoms with van der Waals surface area (Å²) in [5, 5.41) is 8.70. The fourth-order valence-electron chi connectivity index (χ4n) is 1.33. The molecule has 0 amide bonds. The molecular formula is C11H19NO4P+. The van der Waals surface area contributed by atoms with Crippen molar-refractivity contribution >= 4 is 14.0 Å². The van der Waals surface area contributed by atoms with Crippen LogP contribution in [0.15, 0.2) is 0 Å². The average Bonchev–Trinajstić information content (AvgIpc) is 2.25. The van der Waals surface area contributed by atoms with Crippen molar-refractivity contribution < 1.29 is 18.6 Å². The summed E-state index contributed by atoms with van der Waals surface area (Å²) in [6, 6.07) is 1.94. The van der Waals surface area contributed by atoms with E-state index in [0.717, 1.165) is 25.7 Å². The Labute approximate surface area is 103 Å². The number of ether oxygens (including phenoxy) is 1. The van der Waals surface area contributed by atoms with E-state index in [4.69, 9.17) is 14.5 Å². The molecule has 0 aromatic rings. The van der Waals surface area contributed by atoms with Gasteiger partial charge in [0.25, 0.3) is 0 Å². The van der Waals surface area contributed by atoms with Crippen molar-refractivity contribution in [2.24, 2.45) is 0 Å². The zero-order valence-corrected chi connectivity index (χ0v) is 11.2. The second kappa shape index (κ2) is 10.2. The Kier molecular flexibility index (Phi) is 9.60. The Morgan fingerprint density at radius 3 is 2.53 bits per heavy atom. The Morgan fingerprint density at radius 2 is 2.00 bits per heavy atom. The van der Waals surface area contributed by atoms with E-state index in [0.29, 0.717) is 13.0 Å². The topological polar surface area (TPSA) is 76.4 Å². The fraction of sp³-hybridized carbons (Fsp3) is 0.818. The summed E-state index contributed by atoms with van der Waals surface area (Å²) < 4.78 is 20.3. The third-order valence-corrected chi connectivity index (χ3v) is 2.63. The molecule has 0 aliphatic heterocycles. The lowest BCUT2D eigenvalue weighted by atomic mass is 10.1. The first kappa shape index (κ1) is 16.0. The predicted molar refractivity (Wildman–Crippen MR) is 63.7 cm³/mol. The third kappa shape index (κ3) is 11.3. The summed E-state index contributed by atoms with van der Waals surface area (Å²) >= 11 is 0. The molecule has 0 aromatic heterocycles. The zero-order chi connectivity index (χ0) is 13.1. The van der Waals surface area contributed by atoms with Crippen LogP contribution in [-0.4, -0.2) is 25.3 Å². The van der Waals surface area contributed by atoms with E-state index in [1.165, 1.54) is 13.6 Å². The molecule has 0 aliphatic carbocycles. The molecule has 0 heterocycles. The van der Waals surface area contributed by atoms with Crippen LogP contribution in [0.4, 0.5) is 0 Å². The van der Waals surface area contributed by atoms with Crippen molar-refractivity contribution in [2.45, 2.75) is 45.1 Å². The summed E-state index contributed by atoms with van der Waals surface area (Å²) in [6.07, 6.45) is 3.54. The first-order valence-electron chi connectivity index (χ1n) is 5.67. The number of hydrogen-bond donors (Lipinski definition) is 0. The van der Waals surface area contributed by atoms with Gasteiger partial charge in [-0.3, -0.25) is 4.79 Å². The first-order chi connectivity index (χ1) is 8.06. The fourth-order valence-corrected chi connectivity index (χ4v) is 1.71. The molecule has 17 heavy (non-hydrogen) atoms. The lowest BCUT2D eigenvalue weighted by Gasteiger charge is -2.08. The first-order valence-corrected chi connectivity index (χ1v) is 7.29. The molecule has 96 valence electrons. The number of hydrogen-bond acceptors (Lipinski definition) is 5. The Hall–Kier alpha value is -0.980. The molecule has 0 spiro atoms. The highest BCUT2D eigenvalue weighted by molar-refractivity contribution is 7.38. The van der Waals surface area contributed by atoms with Crippen molar-refractivity contribution in [3.05, 3.63) is 0 Å². The largest absolute Gasteiger partial charge is 0.504 e. The molecule has 5 nitrogen and oxygen atoms in total.